The number of nitrogens with zero attached hydrogens (tertiary/aromatic N) is 3. The van der Waals surface area contributed by atoms with E-state index >= 15 is 0 Å². The van der Waals surface area contributed by atoms with Gasteiger partial charge in [-0.05, 0) is 45.2 Å². The van der Waals surface area contributed by atoms with Crippen LogP contribution < -0.4 is 20.7 Å². The van der Waals surface area contributed by atoms with Gasteiger partial charge in [-0.25, -0.2) is 9.59 Å². The molecule has 0 unspecified atom stereocenters. The molecule has 0 saturated carbocycles. The van der Waals surface area contributed by atoms with E-state index in [4.69, 9.17) is 4.74 Å². The smallest absolute Gasteiger partial charge is 0.319 e. The highest BCUT2D eigenvalue weighted by atomic mass is 16.5. The van der Waals surface area contributed by atoms with E-state index in [9.17, 15) is 24.0 Å². The molecule has 0 spiro atoms. The Morgan fingerprint density at radius 3 is 2.09 bits per heavy atom. The summed E-state index contributed by atoms with van der Waals surface area (Å²) in [4.78, 5) is 71.6. The molecule has 12 heteroatoms. The number of piperazine rings is 1. The Balaban J connectivity index is 1.03. The molecule has 2 fully saturated rings. The minimum Gasteiger partial charge on any atom is -0.426 e. The summed E-state index contributed by atoms with van der Waals surface area (Å²) in [5, 5.41) is 10.5. The molecule has 2 saturated heterocycles. The standard InChI is InChI=1S/C44H44N6O6/c51-40-23-25-49(44(55)47-28-33-12-5-2-6-13-33)39-30-48(29-35-16-9-15-34-14-7-8-17-37(34)35)42(53)38(50(39)40)26-31-18-20-36(21-19-31)56-41(52)22-24-45-43(54)46-27-32-10-3-1-4-11-32/h1-21,38-39H,22-30H2,(H,47,55)(H2,45,46,54)/t38-,39+/m0/s1. The Morgan fingerprint density at radius 2 is 1.36 bits per heavy atom. The Labute approximate surface area is 325 Å². The van der Waals surface area contributed by atoms with Gasteiger partial charge in [0, 0.05) is 45.6 Å². The normalized spacial score (nSPS) is 16.6. The first kappa shape index (κ1) is 37.6. The number of ether oxygens (including phenoxy) is 1. The Hall–Kier alpha value is -6.69. The van der Waals surface area contributed by atoms with Crippen LogP contribution in [-0.2, 0) is 40.4 Å². The number of carbonyl (C=O) groups is 5. The number of fused-ring (bicyclic) bond motifs is 2. The number of hydrogen-bond donors (Lipinski definition) is 3. The fraction of sp³-hybridized carbons (Fsp3) is 0.250. The second kappa shape index (κ2) is 17.6. The third kappa shape index (κ3) is 9.15. The molecule has 2 aliphatic rings. The summed E-state index contributed by atoms with van der Waals surface area (Å²) in [6.07, 6.45) is -0.403. The number of urea groups is 2. The quantitative estimate of drug-likeness (QED) is 0.116. The topological polar surface area (TPSA) is 140 Å². The Kier molecular flexibility index (Phi) is 11.8. The summed E-state index contributed by atoms with van der Waals surface area (Å²) >= 11 is 0. The van der Waals surface area contributed by atoms with E-state index in [1.54, 1.807) is 39.0 Å². The van der Waals surface area contributed by atoms with Crippen molar-refractivity contribution in [1.82, 2.24) is 30.7 Å². The van der Waals surface area contributed by atoms with Gasteiger partial charge >= 0.3 is 18.0 Å². The van der Waals surface area contributed by atoms with Crippen molar-refractivity contribution in [2.45, 2.75) is 51.1 Å². The molecule has 6 amide bonds. The number of carbonyl (C=O) groups excluding carboxylic acids is 5. The van der Waals surface area contributed by atoms with Gasteiger partial charge in [0.25, 0.3) is 0 Å². The molecule has 7 rings (SSSR count). The zero-order valence-corrected chi connectivity index (χ0v) is 30.9. The van der Waals surface area contributed by atoms with E-state index in [1.807, 2.05) is 103 Å². The number of benzene rings is 5. The van der Waals surface area contributed by atoms with Crippen molar-refractivity contribution in [2.24, 2.45) is 0 Å². The maximum absolute atomic E-state index is 14.4. The maximum atomic E-state index is 14.4. The average Bonchev–Trinajstić information content (AvgIpc) is 3.22. The summed E-state index contributed by atoms with van der Waals surface area (Å²) in [7, 11) is 0. The van der Waals surface area contributed by atoms with Crippen LogP contribution in [0.5, 0.6) is 5.75 Å². The van der Waals surface area contributed by atoms with Crippen molar-refractivity contribution in [3.63, 3.8) is 0 Å². The van der Waals surface area contributed by atoms with Crippen LogP contribution in [0, 0.1) is 0 Å². The Morgan fingerprint density at radius 1 is 0.696 bits per heavy atom. The van der Waals surface area contributed by atoms with E-state index in [2.05, 4.69) is 16.0 Å². The van der Waals surface area contributed by atoms with Gasteiger partial charge in [-0.1, -0.05) is 115 Å². The molecule has 0 aromatic heterocycles. The molecule has 0 bridgehead atoms. The van der Waals surface area contributed by atoms with Gasteiger partial charge < -0.3 is 35.4 Å². The zero-order valence-electron chi connectivity index (χ0n) is 30.9. The van der Waals surface area contributed by atoms with E-state index < -0.39 is 18.2 Å². The molecule has 2 aliphatic heterocycles. The first-order valence-electron chi connectivity index (χ1n) is 18.8. The lowest BCUT2D eigenvalue weighted by Crippen LogP contribution is -2.72. The van der Waals surface area contributed by atoms with Crippen LogP contribution in [0.15, 0.2) is 127 Å². The molecule has 5 aromatic carbocycles. The van der Waals surface area contributed by atoms with Crippen LogP contribution in [0.25, 0.3) is 10.8 Å². The highest BCUT2D eigenvalue weighted by Crippen LogP contribution is 2.30. The van der Waals surface area contributed by atoms with Crippen molar-refractivity contribution < 1.29 is 28.7 Å². The lowest BCUT2D eigenvalue weighted by atomic mass is 9.96. The first-order valence-corrected chi connectivity index (χ1v) is 18.8. The fourth-order valence-electron chi connectivity index (χ4n) is 7.29. The summed E-state index contributed by atoms with van der Waals surface area (Å²) < 4.78 is 5.51. The highest BCUT2D eigenvalue weighted by Gasteiger charge is 2.48. The highest BCUT2D eigenvalue weighted by molar-refractivity contribution is 5.92. The van der Waals surface area contributed by atoms with Crippen LogP contribution >= 0.6 is 0 Å². The average molecular weight is 753 g/mol. The molecule has 0 aliphatic carbocycles. The molecular weight excluding hydrogens is 709 g/mol. The van der Waals surface area contributed by atoms with E-state index in [0.29, 0.717) is 25.4 Å². The van der Waals surface area contributed by atoms with Gasteiger partial charge in [-0.3, -0.25) is 14.4 Å². The second-order valence-electron chi connectivity index (χ2n) is 13.9. The van der Waals surface area contributed by atoms with Crippen molar-refractivity contribution >= 4 is 40.6 Å². The van der Waals surface area contributed by atoms with E-state index in [0.717, 1.165) is 33.0 Å². The molecule has 286 valence electrons. The largest absolute Gasteiger partial charge is 0.426 e. The van der Waals surface area contributed by atoms with Gasteiger partial charge in [0.05, 0.1) is 13.0 Å². The summed E-state index contributed by atoms with van der Waals surface area (Å²) in [6.45, 7) is 1.51. The minimum absolute atomic E-state index is 0.0303. The van der Waals surface area contributed by atoms with Crippen molar-refractivity contribution in [1.29, 1.82) is 0 Å². The lowest BCUT2D eigenvalue weighted by molar-refractivity contribution is -0.167. The molecule has 12 nitrogen and oxygen atoms in total. The molecule has 0 radical (unpaired) electrons. The minimum atomic E-state index is -0.867. The van der Waals surface area contributed by atoms with Crippen LogP contribution in [0.3, 0.4) is 0 Å². The van der Waals surface area contributed by atoms with Crippen LogP contribution in [0.4, 0.5) is 9.59 Å². The molecule has 56 heavy (non-hydrogen) atoms. The molecular formula is C44H44N6O6. The number of amides is 6. The molecule has 2 heterocycles. The Bertz CT molecular complexity index is 2180. The zero-order chi connectivity index (χ0) is 38.9. The summed E-state index contributed by atoms with van der Waals surface area (Å²) in [5.74, 6) is -0.587. The van der Waals surface area contributed by atoms with Gasteiger partial charge in [0.15, 0.2) is 0 Å². The third-order valence-corrected chi connectivity index (χ3v) is 10.1. The SMILES string of the molecule is O=C(NCCC(=O)Oc1ccc(C[C@H]2C(=O)N(Cc3cccc4ccccc34)C[C@@H]3N(C(=O)NCc4ccccc4)CCC(=O)N32)cc1)NCc1ccccc1. The number of hydrogen-bond acceptors (Lipinski definition) is 6. The van der Waals surface area contributed by atoms with Gasteiger partial charge in [-0.2, -0.15) is 0 Å². The predicted molar refractivity (Wildman–Crippen MR) is 211 cm³/mol. The second-order valence-corrected chi connectivity index (χ2v) is 13.9. The fourth-order valence-corrected chi connectivity index (χ4v) is 7.29. The summed E-state index contributed by atoms with van der Waals surface area (Å²) in [5.41, 5.74) is 3.64. The van der Waals surface area contributed by atoms with Crippen LogP contribution in [0.2, 0.25) is 0 Å². The van der Waals surface area contributed by atoms with Crippen molar-refractivity contribution in [2.75, 3.05) is 19.6 Å². The van der Waals surface area contributed by atoms with Gasteiger partial charge in [0.1, 0.15) is 18.0 Å². The molecule has 2 atom stereocenters. The van der Waals surface area contributed by atoms with Crippen molar-refractivity contribution in [3.05, 3.63) is 150 Å². The number of esters is 1. The van der Waals surface area contributed by atoms with Gasteiger partial charge in [0.2, 0.25) is 11.8 Å². The monoisotopic (exact) mass is 752 g/mol. The van der Waals surface area contributed by atoms with Crippen LogP contribution in [0.1, 0.15) is 35.1 Å². The maximum Gasteiger partial charge on any atom is 0.319 e. The lowest BCUT2D eigenvalue weighted by Gasteiger charge is -2.52. The van der Waals surface area contributed by atoms with Crippen LogP contribution in [-0.4, -0.2) is 76.4 Å². The number of nitrogens with one attached hydrogen (secondary N) is 3. The third-order valence-electron chi connectivity index (χ3n) is 10.1. The predicted octanol–water partition coefficient (Wildman–Crippen LogP) is 5.36. The van der Waals surface area contributed by atoms with Crippen molar-refractivity contribution in [3.8, 4) is 5.75 Å². The first-order chi connectivity index (χ1) is 27.3. The molecule has 5 aromatic rings. The van der Waals surface area contributed by atoms with E-state index in [1.165, 1.54) is 0 Å². The number of rotatable bonds is 12. The molecule has 3 N–H and O–H groups in total. The summed E-state index contributed by atoms with van der Waals surface area (Å²) in [6, 6.07) is 38.4. The van der Waals surface area contributed by atoms with E-state index in [-0.39, 0.29) is 62.8 Å². The van der Waals surface area contributed by atoms with Gasteiger partial charge in [-0.15, -0.1) is 0 Å².